The second-order valence-corrected chi connectivity index (χ2v) is 4.17. The smallest absolute Gasteiger partial charge is 0.226 e. The number of carbonyl (C=O) groups is 1. The summed E-state index contributed by atoms with van der Waals surface area (Å²) in [5, 5.41) is -0.314. The Hall–Kier alpha value is -0.820. The van der Waals surface area contributed by atoms with Gasteiger partial charge in [0.1, 0.15) is 0 Å². The maximum absolute atomic E-state index is 10.4. The summed E-state index contributed by atoms with van der Waals surface area (Å²) in [6.07, 6.45) is 0.322. The van der Waals surface area contributed by atoms with E-state index in [0.29, 0.717) is 6.42 Å². The van der Waals surface area contributed by atoms with Gasteiger partial charge in [0, 0.05) is 6.42 Å². The van der Waals surface area contributed by atoms with Gasteiger partial charge < -0.3 is 0 Å². The average molecular weight is 213 g/mol. The van der Waals surface area contributed by atoms with Crippen LogP contribution in [0.4, 0.5) is 0 Å². The highest BCUT2D eigenvalue weighted by Crippen LogP contribution is 2.00. The van der Waals surface area contributed by atoms with E-state index in [0.717, 1.165) is 11.5 Å². The van der Waals surface area contributed by atoms with Crippen LogP contribution in [0.25, 0.3) is 0 Å². The molecule has 0 heterocycles. The zero-order chi connectivity index (χ0) is 11.0. The van der Waals surface area contributed by atoms with Crippen molar-refractivity contribution in [2.24, 2.45) is 5.92 Å². The molecule has 0 N–H and O–H groups in total. The average Bonchev–Trinajstić information content (AvgIpc) is 2.03. The molecule has 0 amide bonds. The van der Waals surface area contributed by atoms with Gasteiger partial charge in [-0.15, -0.1) is 0 Å². The zero-order valence-corrected chi connectivity index (χ0v) is 9.71. The first-order valence-corrected chi connectivity index (χ1v) is 5.12. The Labute approximate surface area is 91.1 Å². The first kappa shape index (κ1) is 13.2. The molecule has 1 rings (SSSR count). The van der Waals surface area contributed by atoms with E-state index in [-0.39, 0.29) is 5.24 Å². The SMILES string of the molecule is CC(C)C.O=C(Cl)Cc1ccccc1. The Balaban J connectivity index is 0.000000364. The quantitative estimate of drug-likeness (QED) is 0.684. The van der Waals surface area contributed by atoms with Gasteiger partial charge in [-0.2, -0.15) is 0 Å². The summed E-state index contributed by atoms with van der Waals surface area (Å²) in [7, 11) is 0. The summed E-state index contributed by atoms with van der Waals surface area (Å²) >= 11 is 5.17. The molecule has 1 aromatic carbocycles. The lowest BCUT2D eigenvalue weighted by Crippen LogP contribution is -1.91. The second-order valence-electron chi connectivity index (χ2n) is 3.75. The van der Waals surface area contributed by atoms with Gasteiger partial charge >= 0.3 is 0 Å². The highest BCUT2D eigenvalue weighted by Gasteiger charge is 1.95. The summed E-state index contributed by atoms with van der Waals surface area (Å²) in [5.74, 6) is 0.833. The summed E-state index contributed by atoms with van der Waals surface area (Å²) in [6.45, 7) is 6.50. The lowest BCUT2D eigenvalue weighted by molar-refractivity contribution is -0.111. The Morgan fingerprint density at radius 1 is 1.21 bits per heavy atom. The Bertz CT molecular complexity index is 252. The minimum atomic E-state index is -0.314. The Morgan fingerprint density at radius 3 is 2.00 bits per heavy atom. The highest BCUT2D eigenvalue weighted by molar-refractivity contribution is 6.63. The fourth-order valence-electron chi connectivity index (χ4n) is 0.756. The van der Waals surface area contributed by atoms with Crippen LogP contribution in [0, 0.1) is 5.92 Å². The molecule has 0 saturated heterocycles. The van der Waals surface area contributed by atoms with Gasteiger partial charge in [0.15, 0.2) is 0 Å². The number of hydrogen-bond donors (Lipinski definition) is 0. The van der Waals surface area contributed by atoms with Crippen LogP contribution < -0.4 is 0 Å². The van der Waals surface area contributed by atoms with Gasteiger partial charge in [0.25, 0.3) is 0 Å². The number of rotatable bonds is 2. The van der Waals surface area contributed by atoms with Crippen molar-refractivity contribution in [1.29, 1.82) is 0 Å². The van der Waals surface area contributed by atoms with E-state index in [9.17, 15) is 4.79 Å². The molecule has 2 heteroatoms. The van der Waals surface area contributed by atoms with Crippen molar-refractivity contribution >= 4 is 16.8 Å². The minimum absolute atomic E-state index is 0.314. The molecule has 0 fully saturated rings. The van der Waals surface area contributed by atoms with Crippen LogP contribution in [0.5, 0.6) is 0 Å². The number of hydrogen-bond acceptors (Lipinski definition) is 1. The van der Waals surface area contributed by atoms with Crippen LogP contribution in [-0.4, -0.2) is 5.24 Å². The van der Waals surface area contributed by atoms with Crippen LogP contribution >= 0.6 is 11.6 Å². The van der Waals surface area contributed by atoms with Crippen molar-refractivity contribution in [2.45, 2.75) is 27.2 Å². The Kier molecular flexibility index (Phi) is 7.13. The second kappa shape index (κ2) is 7.57. The number of carbonyl (C=O) groups excluding carboxylic acids is 1. The summed E-state index contributed by atoms with van der Waals surface area (Å²) in [6, 6.07) is 9.42. The third-order valence-corrected chi connectivity index (χ3v) is 1.32. The van der Waals surface area contributed by atoms with Gasteiger partial charge in [-0.1, -0.05) is 51.1 Å². The molecule has 0 unspecified atom stereocenters. The molecule has 0 spiro atoms. The van der Waals surface area contributed by atoms with Crippen molar-refractivity contribution in [3.05, 3.63) is 35.9 Å². The monoisotopic (exact) mass is 212 g/mol. The summed E-state index contributed by atoms with van der Waals surface area (Å²) < 4.78 is 0. The molecule has 0 aliphatic heterocycles. The van der Waals surface area contributed by atoms with Gasteiger partial charge in [-0.3, -0.25) is 4.79 Å². The predicted octanol–water partition coefficient (Wildman–Crippen LogP) is 3.66. The molecule has 0 aliphatic carbocycles. The molecular formula is C12H17ClO. The third-order valence-electron chi connectivity index (χ3n) is 1.19. The van der Waals surface area contributed by atoms with Crippen LogP contribution in [0.3, 0.4) is 0 Å². The van der Waals surface area contributed by atoms with Crippen LogP contribution in [0.2, 0.25) is 0 Å². The van der Waals surface area contributed by atoms with E-state index in [1.165, 1.54) is 0 Å². The fourth-order valence-corrected chi connectivity index (χ4v) is 0.911. The van der Waals surface area contributed by atoms with Crippen molar-refractivity contribution in [3.8, 4) is 0 Å². The van der Waals surface area contributed by atoms with E-state index in [4.69, 9.17) is 11.6 Å². The first-order valence-electron chi connectivity index (χ1n) is 4.74. The van der Waals surface area contributed by atoms with E-state index in [1.807, 2.05) is 30.3 Å². The maximum atomic E-state index is 10.4. The van der Waals surface area contributed by atoms with Crippen LogP contribution in [0.1, 0.15) is 26.3 Å². The normalized spacial score (nSPS) is 9.21. The molecule has 78 valence electrons. The molecule has 0 radical (unpaired) electrons. The van der Waals surface area contributed by atoms with Crippen molar-refractivity contribution in [2.75, 3.05) is 0 Å². The summed E-state index contributed by atoms with van der Waals surface area (Å²) in [5.41, 5.74) is 0.961. The lowest BCUT2D eigenvalue weighted by Gasteiger charge is -1.92. The number of benzene rings is 1. The first-order chi connectivity index (χ1) is 6.52. The minimum Gasteiger partial charge on any atom is -0.281 e. The van der Waals surface area contributed by atoms with Gasteiger partial charge in [-0.05, 0) is 23.1 Å². The van der Waals surface area contributed by atoms with Gasteiger partial charge in [-0.25, -0.2) is 0 Å². The molecule has 0 aliphatic rings. The largest absolute Gasteiger partial charge is 0.281 e. The molecule has 1 aromatic rings. The highest BCUT2D eigenvalue weighted by atomic mass is 35.5. The summed E-state index contributed by atoms with van der Waals surface area (Å²) in [4.78, 5) is 10.4. The molecule has 0 atom stereocenters. The Morgan fingerprint density at radius 2 is 1.64 bits per heavy atom. The van der Waals surface area contributed by atoms with Crippen molar-refractivity contribution in [3.63, 3.8) is 0 Å². The van der Waals surface area contributed by atoms with Crippen LogP contribution in [0.15, 0.2) is 30.3 Å². The van der Waals surface area contributed by atoms with Gasteiger partial charge in [0.05, 0.1) is 0 Å². The van der Waals surface area contributed by atoms with E-state index < -0.39 is 0 Å². The van der Waals surface area contributed by atoms with Crippen LogP contribution in [-0.2, 0) is 11.2 Å². The fraction of sp³-hybridized carbons (Fsp3) is 0.417. The lowest BCUT2D eigenvalue weighted by atomic mass is 10.2. The molecule has 14 heavy (non-hydrogen) atoms. The topological polar surface area (TPSA) is 17.1 Å². The standard InChI is InChI=1S/C8H7ClO.C4H10/c9-8(10)6-7-4-2-1-3-5-7;1-4(2)3/h1-5H,6H2;4H,1-3H3. The van der Waals surface area contributed by atoms with Crippen molar-refractivity contribution < 1.29 is 4.79 Å². The third kappa shape index (κ3) is 9.27. The molecular weight excluding hydrogens is 196 g/mol. The van der Waals surface area contributed by atoms with Gasteiger partial charge in [0.2, 0.25) is 5.24 Å². The molecule has 0 aromatic heterocycles. The van der Waals surface area contributed by atoms with E-state index in [2.05, 4.69) is 20.8 Å². The van der Waals surface area contributed by atoms with E-state index >= 15 is 0 Å². The maximum Gasteiger partial charge on any atom is 0.226 e. The number of halogens is 1. The van der Waals surface area contributed by atoms with Crippen molar-refractivity contribution in [1.82, 2.24) is 0 Å². The predicted molar refractivity (Wildman–Crippen MR) is 61.5 cm³/mol. The molecule has 0 saturated carbocycles. The molecule has 1 nitrogen and oxygen atoms in total. The molecule has 0 bridgehead atoms. The van der Waals surface area contributed by atoms with E-state index in [1.54, 1.807) is 0 Å². The zero-order valence-electron chi connectivity index (χ0n) is 8.96.